The van der Waals surface area contributed by atoms with Gasteiger partial charge in [-0.3, -0.25) is 9.59 Å². The fourth-order valence-electron chi connectivity index (χ4n) is 1.98. The first-order valence-electron chi connectivity index (χ1n) is 5.45. The van der Waals surface area contributed by atoms with Crippen LogP contribution in [0, 0.1) is 6.92 Å². The molecule has 1 aliphatic heterocycles. The Morgan fingerprint density at radius 2 is 1.81 bits per heavy atom. The zero-order chi connectivity index (χ0) is 11.7. The number of ketones is 1. The van der Waals surface area contributed by atoms with Gasteiger partial charge in [-0.2, -0.15) is 0 Å². The van der Waals surface area contributed by atoms with Gasteiger partial charge in [0.05, 0.1) is 19.0 Å². The Kier molecular flexibility index (Phi) is 2.77. The lowest BCUT2D eigenvalue weighted by Gasteiger charge is -2.23. The number of rotatable bonds is 2. The topological polar surface area (TPSA) is 37.4 Å². The third-order valence-electron chi connectivity index (χ3n) is 3.04. The summed E-state index contributed by atoms with van der Waals surface area (Å²) in [7, 11) is 0. The van der Waals surface area contributed by atoms with Crippen LogP contribution in [-0.4, -0.2) is 23.1 Å². The van der Waals surface area contributed by atoms with Gasteiger partial charge in [0.2, 0.25) is 5.91 Å². The molecule has 1 aromatic rings. The summed E-state index contributed by atoms with van der Waals surface area (Å²) < 4.78 is 0. The number of benzene rings is 1. The van der Waals surface area contributed by atoms with Crippen LogP contribution < -0.4 is 0 Å². The molecular weight excluding hydrogens is 202 g/mol. The van der Waals surface area contributed by atoms with E-state index in [4.69, 9.17) is 0 Å². The van der Waals surface area contributed by atoms with E-state index in [0.717, 1.165) is 5.56 Å². The molecule has 1 unspecified atom stereocenters. The monoisotopic (exact) mass is 217 g/mol. The van der Waals surface area contributed by atoms with E-state index < -0.39 is 0 Å². The molecule has 1 aliphatic rings. The maximum Gasteiger partial charge on any atom is 0.230 e. The smallest absolute Gasteiger partial charge is 0.230 e. The van der Waals surface area contributed by atoms with Gasteiger partial charge in [0.25, 0.3) is 0 Å². The summed E-state index contributed by atoms with van der Waals surface area (Å²) in [6, 6.07) is 8.05. The summed E-state index contributed by atoms with van der Waals surface area (Å²) in [5, 5.41) is 0. The number of Topliss-reactive ketones (excluding diaryl/α,β-unsaturated/α-hetero) is 1. The highest BCUT2D eigenvalue weighted by Gasteiger charge is 2.31. The van der Waals surface area contributed by atoms with Crippen LogP contribution in [0.4, 0.5) is 0 Å². The molecule has 1 amide bonds. The Labute approximate surface area is 95.1 Å². The second-order valence-electron chi connectivity index (χ2n) is 4.32. The van der Waals surface area contributed by atoms with Gasteiger partial charge in [0, 0.05) is 0 Å². The molecule has 1 saturated heterocycles. The van der Waals surface area contributed by atoms with Crippen molar-refractivity contribution in [3.63, 3.8) is 0 Å². The van der Waals surface area contributed by atoms with E-state index >= 15 is 0 Å². The number of carbonyl (C=O) groups is 2. The molecule has 16 heavy (non-hydrogen) atoms. The Morgan fingerprint density at radius 1 is 1.19 bits per heavy atom. The highest BCUT2D eigenvalue weighted by molar-refractivity contribution is 6.05. The molecule has 1 aromatic carbocycles. The van der Waals surface area contributed by atoms with Crippen LogP contribution in [0.2, 0.25) is 0 Å². The van der Waals surface area contributed by atoms with Crippen LogP contribution in [0.5, 0.6) is 0 Å². The number of aryl methyl sites for hydroxylation is 1. The van der Waals surface area contributed by atoms with E-state index in [-0.39, 0.29) is 30.7 Å². The quantitative estimate of drug-likeness (QED) is 0.709. The fourth-order valence-corrected chi connectivity index (χ4v) is 1.98. The second-order valence-corrected chi connectivity index (χ2v) is 4.32. The molecule has 0 radical (unpaired) electrons. The molecule has 0 spiro atoms. The Bertz CT molecular complexity index is 422. The number of nitrogens with zero attached hydrogens (tertiary/aromatic N) is 1. The zero-order valence-electron chi connectivity index (χ0n) is 9.56. The third-order valence-corrected chi connectivity index (χ3v) is 3.04. The summed E-state index contributed by atoms with van der Waals surface area (Å²) in [5.74, 6) is -0.0398. The highest BCUT2D eigenvalue weighted by atomic mass is 16.2. The van der Waals surface area contributed by atoms with Crippen molar-refractivity contribution in [1.29, 1.82) is 0 Å². The molecule has 2 rings (SSSR count). The predicted octanol–water partition coefficient (Wildman–Crippen LogP) is 1.86. The van der Waals surface area contributed by atoms with Crippen molar-refractivity contribution in [3.05, 3.63) is 35.4 Å². The van der Waals surface area contributed by atoms with E-state index in [1.165, 1.54) is 5.56 Å². The first-order valence-corrected chi connectivity index (χ1v) is 5.45. The van der Waals surface area contributed by atoms with Gasteiger partial charge >= 0.3 is 0 Å². The summed E-state index contributed by atoms with van der Waals surface area (Å²) in [4.78, 5) is 24.4. The first-order chi connectivity index (χ1) is 7.58. The van der Waals surface area contributed by atoms with Crippen molar-refractivity contribution < 1.29 is 9.59 Å². The van der Waals surface area contributed by atoms with Crippen molar-refractivity contribution in [2.45, 2.75) is 26.3 Å². The number of carbonyl (C=O) groups excluding carboxylic acids is 2. The van der Waals surface area contributed by atoms with Crippen molar-refractivity contribution in [2.24, 2.45) is 0 Å². The second kappa shape index (κ2) is 4.08. The highest BCUT2D eigenvalue weighted by Crippen LogP contribution is 2.24. The number of likely N-dealkylation sites (tertiary alicyclic amines) is 1. The molecule has 0 N–H and O–H groups in total. The fraction of sp³-hybridized carbons (Fsp3) is 0.385. The van der Waals surface area contributed by atoms with Gasteiger partial charge in [-0.15, -0.1) is 0 Å². The van der Waals surface area contributed by atoms with Gasteiger partial charge in [-0.25, -0.2) is 0 Å². The maximum atomic E-state index is 11.6. The van der Waals surface area contributed by atoms with Crippen LogP contribution in [0.25, 0.3) is 0 Å². The van der Waals surface area contributed by atoms with E-state index in [2.05, 4.69) is 0 Å². The van der Waals surface area contributed by atoms with E-state index in [1.54, 1.807) is 4.90 Å². The average Bonchev–Trinajstić information content (AvgIpc) is 2.58. The lowest BCUT2D eigenvalue weighted by Crippen LogP contribution is -2.28. The molecule has 1 heterocycles. The third kappa shape index (κ3) is 1.98. The molecule has 0 saturated carbocycles. The van der Waals surface area contributed by atoms with E-state index in [1.807, 2.05) is 38.1 Å². The largest absolute Gasteiger partial charge is 0.328 e. The minimum Gasteiger partial charge on any atom is -0.328 e. The standard InChI is InChI=1S/C13H15NO2/c1-9-3-5-11(6-4-9)10(2)14-8-12(15)7-13(14)16/h3-6,10H,7-8H2,1-2H3. The van der Waals surface area contributed by atoms with Crippen LogP contribution in [0.3, 0.4) is 0 Å². The molecule has 0 aliphatic carbocycles. The van der Waals surface area contributed by atoms with Crippen LogP contribution in [0.1, 0.15) is 30.5 Å². The Hall–Kier alpha value is -1.64. The normalized spacial score (nSPS) is 18.0. The van der Waals surface area contributed by atoms with E-state index in [0.29, 0.717) is 0 Å². The summed E-state index contributed by atoms with van der Waals surface area (Å²) >= 11 is 0. The molecule has 3 heteroatoms. The molecule has 0 bridgehead atoms. The summed E-state index contributed by atoms with van der Waals surface area (Å²) in [6.07, 6.45) is 0.0657. The first kappa shape index (κ1) is 10.9. The van der Waals surface area contributed by atoms with Crippen LogP contribution in [-0.2, 0) is 9.59 Å². The van der Waals surface area contributed by atoms with Crippen LogP contribution in [0.15, 0.2) is 24.3 Å². The number of hydrogen-bond donors (Lipinski definition) is 0. The summed E-state index contributed by atoms with van der Waals surface area (Å²) in [5.41, 5.74) is 2.27. The summed E-state index contributed by atoms with van der Waals surface area (Å²) in [6.45, 7) is 4.24. The Morgan fingerprint density at radius 3 is 2.31 bits per heavy atom. The van der Waals surface area contributed by atoms with Gasteiger partial charge < -0.3 is 4.90 Å². The van der Waals surface area contributed by atoms with Gasteiger partial charge in [0.15, 0.2) is 5.78 Å². The molecule has 0 aromatic heterocycles. The lowest BCUT2D eigenvalue weighted by molar-refractivity contribution is -0.129. The van der Waals surface area contributed by atoms with Crippen LogP contribution >= 0.6 is 0 Å². The lowest BCUT2D eigenvalue weighted by atomic mass is 10.1. The molecular formula is C13H15NO2. The van der Waals surface area contributed by atoms with Crippen molar-refractivity contribution in [2.75, 3.05) is 6.54 Å². The molecule has 1 atom stereocenters. The minimum absolute atomic E-state index is 0.0143. The van der Waals surface area contributed by atoms with E-state index in [9.17, 15) is 9.59 Å². The number of hydrogen-bond acceptors (Lipinski definition) is 2. The molecule has 3 nitrogen and oxygen atoms in total. The number of amides is 1. The van der Waals surface area contributed by atoms with Gasteiger partial charge in [0.1, 0.15) is 0 Å². The van der Waals surface area contributed by atoms with Crippen molar-refractivity contribution >= 4 is 11.7 Å². The van der Waals surface area contributed by atoms with Gasteiger partial charge in [-0.1, -0.05) is 29.8 Å². The average molecular weight is 217 g/mol. The minimum atomic E-state index is -0.0573. The maximum absolute atomic E-state index is 11.6. The van der Waals surface area contributed by atoms with Crippen molar-refractivity contribution in [1.82, 2.24) is 4.90 Å². The molecule has 84 valence electrons. The predicted molar refractivity (Wildman–Crippen MR) is 60.9 cm³/mol. The zero-order valence-corrected chi connectivity index (χ0v) is 9.56. The van der Waals surface area contributed by atoms with Gasteiger partial charge in [-0.05, 0) is 19.4 Å². The van der Waals surface area contributed by atoms with Crippen molar-refractivity contribution in [3.8, 4) is 0 Å². The Balaban J connectivity index is 2.19. The SMILES string of the molecule is Cc1ccc(C(C)N2CC(=O)CC2=O)cc1. The molecule has 1 fully saturated rings.